The highest BCUT2D eigenvalue weighted by atomic mass is 127. The van der Waals surface area contributed by atoms with Crippen molar-refractivity contribution in [1.82, 2.24) is 19.9 Å². The molecule has 0 bridgehead atoms. The van der Waals surface area contributed by atoms with Gasteiger partial charge in [-0.05, 0) is 19.3 Å². The van der Waals surface area contributed by atoms with E-state index in [0.717, 1.165) is 16.7 Å². The van der Waals surface area contributed by atoms with Gasteiger partial charge in [-0.15, -0.1) is 35.3 Å². The molecule has 0 radical (unpaired) electrons. The minimum atomic E-state index is -4.44. The van der Waals surface area contributed by atoms with Crippen molar-refractivity contribution in [1.29, 1.82) is 0 Å². The maximum absolute atomic E-state index is 12.6. The first-order chi connectivity index (χ1) is 12.7. The van der Waals surface area contributed by atoms with Gasteiger partial charge in [-0.25, -0.2) is 17.7 Å². The Morgan fingerprint density at radius 2 is 2.04 bits per heavy atom. The first-order valence-corrected chi connectivity index (χ1v) is 11.1. The number of nitrogens with one attached hydrogen (secondary N) is 2. The highest BCUT2D eigenvalue weighted by molar-refractivity contribution is 14.0. The molecule has 1 aliphatic rings. The molecular weight excluding hydrogens is 530 g/mol. The van der Waals surface area contributed by atoms with Crippen LogP contribution in [0.5, 0.6) is 0 Å². The van der Waals surface area contributed by atoms with Gasteiger partial charge in [-0.2, -0.15) is 13.2 Å². The number of rotatable bonds is 6. The summed E-state index contributed by atoms with van der Waals surface area (Å²) in [5, 5.41) is 7.43. The molecule has 2 rings (SSSR count). The Kier molecular flexibility index (Phi) is 9.89. The van der Waals surface area contributed by atoms with Gasteiger partial charge in [0.05, 0.1) is 12.3 Å². The lowest BCUT2D eigenvalue weighted by Gasteiger charge is -2.32. The molecule has 1 aromatic heterocycles. The minimum Gasteiger partial charge on any atom is -0.354 e. The third kappa shape index (κ3) is 7.30. The van der Waals surface area contributed by atoms with Crippen molar-refractivity contribution in [3.05, 3.63) is 16.1 Å². The van der Waals surface area contributed by atoms with Crippen molar-refractivity contribution < 1.29 is 21.6 Å². The Hall–Kier alpha value is -0.670. The Morgan fingerprint density at radius 1 is 1.39 bits per heavy atom. The van der Waals surface area contributed by atoms with Gasteiger partial charge >= 0.3 is 6.18 Å². The van der Waals surface area contributed by atoms with Crippen LogP contribution in [-0.2, 0) is 22.7 Å². The van der Waals surface area contributed by atoms with Crippen LogP contribution in [0.3, 0.4) is 0 Å². The fraction of sp³-hybridized carbons (Fsp3) is 0.733. The van der Waals surface area contributed by atoms with Crippen LogP contribution in [-0.4, -0.2) is 55.6 Å². The molecule has 0 aliphatic carbocycles. The Morgan fingerprint density at radius 3 is 2.54 bits per heavy atom. The fourth-order valence-corrected chi connectivity index (χ4v) is 5.02. The summed E-state index contributed by atoms with van der Waals surface area (Å²) >= 11 is 0.933. The maximum Gasteiger partial charge on any atom is 0.434 e. The fourth-order valence-electron chi connectivity index (χ4n) is 2.73. The van der Waals surface area contributed by atoms with Gasteiger partial charge in [0.1, 0.15) is 5.01 Å². The van der Waals surface area contributed by atoms with Crippen LogP contribution in [0.4, 0.5) is 13.2 Å². The molecule has 1 aromatic rings. The third-order valence-corrected chi connectivity index (χ3v) is 7.05. The molecule has 2 heterocycles. The lowest BCUT2D eigenvalue weighted by molar-refractivity contribution is -0.140. The second-order valence-electron chi connectivity index (χ2n) is 6.18. The van der Waals surface area contributed by atoms with Gasteiger partial charge in [0, 0.05) is 31.6 Å². The second-order valence-corrected chi connectivity index (χ2v) is 9.21. The number of hydrogen-bond donors (Lipinski definition) is 2. The van der Waals surface area contributed by atoms with Crippen molar-refractivity contribution in [2.75, 3.05) is 25.9 Å². The average Bonchev–Trinajstić information content (AvgIpc) is 3.08. The van der Waals surface area contributed by atoms with Crippen molar-refractivity contribution in [3.8, 4) is 0 Å². The SMILES string of the molecule is CCCS(=O)(=O)N1CCC(NC(=NC)NCc2nc(C(F)(F)F)cs2)CC1.I. The summed E-state index contributed by atoms with van der Waals surface area (Å²) in [4.78, 5) is 7.63. The van der Waals surface area contributed by atoms with Crippen LogP contribution in [0, 0.1) is 0 Å². The van der Waals surface area contributed by atoms with Crippen LogP contribution in [0.25, 0.3) is 0 Å². The van der Waals surface area contributed by atoms with Crippen LogP contribution in [0.1, 0.15) is 36.9 Å². The van der Waals surface area contributed by atoms with E-state index in [2.05, 4.69) is 20.6 Å². The van der Waals surface area contributed by atoms with Crippen molar-refractivity contribution in [2.45, 2.75) is 44.9 Å². The van der Waals surface area contributed by atoms with E-state index in [-0.39, 0.29) is 42.3 Å². The average molecular weight is 555 g/mol. The lowest BCUT2D eigenvalue weighted by Crippen LogP contribution is -2.49. The van der Waals surface area contributed by atoms with Crippen LogP contribution in [0.2, 0.25) is 0 Å². The van der Waals surface area contributed by atoms with Crippen molar-refractivity contribution >= 4 is 51.3 Å². The molecule has 28 heavy (non-hydrogen) atoms. The number of alkyl halides is 3. The van der Waals surface area contributed by atoms with E-state index >= 15 is 0 Å². The monoisotopic (exact) mass is 555 g/mol. The first-order valence-electron chi connectivity index (χ1n) is 8.62. The number of hydrogen-bond acceptors (Lipinski definition) is 5. The summed E-state index contributed by atoms with van der Waals surface area (Å²) in [6.45, 7) is 2.85. The zero-order valence-electron chi connectivity index (χ0n) is 15.6. The van der Waals surface area contributed by atoms with Gasteiger partial charge in [0.25, 0.3) is 0 Å². The summed E-state index contributed by atoms with van der Waals surface area (Å²) in [7, 11) is -1.62. The third-order valence-electron chi connectivity index (χ3n) is 4.12. The van der Waals surface area contributed by atoms with Gasteiger partial charge in [0.15, 0.2) is 11.7 Å². The summed E-state index contributed by atoms with van der Waals surface area (Å²) in [6.07, 6.45) is -2.58. The zero-order chi connectivity index (χ0) is 20.1. The quantitative estimate of drug-likeness (QED) is 0.321. The van der Waals surface area contributed by atoms with Gasteiger partial charge < -0.3 is 10.6 Å². The number of halogens is 4. The molecule has 162 valence electrons. The summed E-state index contributed by atoms with van der Waals surface area (Å²) < 4.78 is 63.4. The normalized spacial score (nSPS) is 17.2. The topological polar surface area (TPSA) is 86.7 Å². The van der Waals surface area contributed by atoms with E-state index in [1.807, 2.05) is 6.92 Å². The number of nitrogens with zero attached hydrogens (tertiary/aromatic N) is 3. The molecule has 0 aromatic carbocycles. The Labute approximate surface area is 184 Å². The van der Waals surface area contributed by atoms with E-state index in [4.69, 9.17) is 0 Å². The maximum atomic E-state index is 12.6. The number of sulfonamides is 1. The van der Waals surface area contributed by atoms with Gasteiger partial charge in [0.2, 0.25) is 10.0 Å². The van der Waals surface area contributed by atoms with E-state index in [1.165, 1.54) is 4.31 Å². The van der Waals surface area contributed by atoms with E-state index in [1.54, 1.807) is 7.05 Å². The molecule has 0 atom stereocenters. The molecular formula is C15H25F3IN5O2S2. The van der Waals surface area contributed by atoms with Crippen molar-refractivity contribution in [3.63, 3.8) is 0 Å². The number of aromatic nitrogens is 1. The molecule has 0 unspecified atom stereocenters. The van der Waals surface area contributed by atoms with E-state index in [9.17, 15) is 21.6 Å². The van der Waals surface area contributed by atoms with Gasteiger partial charge in [-0.3, -0.25) is 4.99 Å². The first kappa shape index (κ1) is 25.4. The molecule has 1 fully saturated rings. The predicted octanol–water partition coefficient (Wildman–Crippen LogP) is 2.65. The Bertz CT molecular complexity index is 747. The van der Waals surface area contributed by atoms with E-state index < -0.39 is 21.9 Å². The molecule has 0 amide bonds. The highest BCUT2D eigenvalue weighted by Gasteiger charge is 2.33. The molecule has 1 saturated heterocycles. The molecule has 7 nitrogen and oxygen atoms in total. The van der Waals surface area contributed by atoms with Crippen LogP contribution < -0.4 is 10.6 Å². The standard InChI is InChI=1S/C15H24F3N5O2S2.HI/c1-3-8-27(24,25)23-6-4-11(5-7-23)21-14(19-2)20-9-13-22-12(10-26-13)15(16,17)18;/h10-11H,3-9H2,1-2H3,(H2,19,20,21);1H. The molecule has 0 saturated carbocycles. The zero-order valence-corrected chi connectivity index (χ0v) is 19.6. The number of aliphatic imine (C=N–C) groups is 1. The van der Waals surface area contributed by atoms with Crippen molar-refractivity contribution in [2.24, 2.45) is 4.99 Å². The summed E-state index contributed by atoms with van der Waals surface area (Å²) in [5.74, 6) is 0.607. The van der Waals surface area contributed by atoms with Gasteiger partial charge in [-0.1, -0.05) is 6.92 Å². The Balaban J connectivity index is 0.00000392. The van der Waals surface area contributed by atoms with Crippen LogP contribution in [0.15, 0.2) is 10.4 Å². The molecule has 1 aliphatic heterocycles. The summed E-state index contributed by atoms with van der Waals surface area (Å²) in [5.41, 5.74) is -0.895. The number of piperidine rings is 1. The minimum absolute atomic E-state index is 0. The number of guanidine groups is 1. The predicted molar refractivity (Wildman–Crippen MR) is 115 cm³/mol. The lowest BCUT2D eigenvalue weighted by atomic mass is 10.1. The van der Waals surface area contributed by atoms with Crippen LogP contribution >= 0.6 is 35.3 Å². The molecule has 13 heteroatoms. The smallest absolute Gasteiger partial charge is 0.354 e. The summed E-state index contributed by atoms with van der Waals surface area (Å²) in [6, 6.07) is 0.0475. The number of thiazole rings is 1. The van der Waals surface area contributed by atoms with E-state index in [0.29, 0.717) is 43.3 Å². The molecule has 2 N–H and O–H groups in total. The largest absolute Gasteiger partial charge is 0.434 e. The molecule has 0 spiro atoms. The highest BCUT2D eigenvalue weighted by Crippen LogP contribution is 2.29. The second kappa shape index (κ2) is 10.9.